The fraction of sp³-hybridized carbons (Fsp3) is 0.400. The molecule has 1 fully saturated rings. The first-order chi connectivity index (χ1) is 12.5. The summed E-state index contributed by atoms with van der Waals surface area (Å²) in [5, 5.41) is 9.67. The Morgan fingerprint density at radius 2 is 1.89 bits per heavy atom. The molecule has 1 aromatic heterocycles. The predicted molar refractivity (Wildman–Crippen MR) is 104 cm³/mol. The number of aromatic hydroxyl groups is 1. The molecule has 1 saturated carbocycles. The second kappa shape index (κ2) is 7.26. The topological polar surface area (TPSA) is 118 Å². The number of phenolic OH excluding ortho intramolecular Hbond substituents is 1. The van der Waals surface area contributed by atoms with Gasteiger partial charge in [-0.2, -0.15) is 0 Å². The van der Waals surface area contributed by atoms with Crippen LogP contribution in [0.5, 0.6) is 5.75 Å². The number of sulfone groups is 1. The SMILES string of the molecule is CS(=O)(=O)c1nc(NS(=O)(=O)c2cc(Br)cc(Cl)c2O)cn1C1CCCC1. The van der Waals surface area contributed by atoms with Gasteiger partial charge in [0.2, 0.25) is 15.0 Å². The van der Waals surface area contributed by atoms with E-state index in [1.54, 1.807) is 0 Å². The molecule has 0 spiro atoms. The van der Waals surface area contributed by atoms with Crippen molar-refractivity contribution >= 4 is 53.2 Å². The molecule has 2 aromatic rings. The molecule has 2 N–H and O–H groups in total. The van der Waals surface area contributed by atoms with Crippen LogP contribution < -0.4 is 4.72 Å². The Kier molecular flexibility index (Phi) is 5.50. The van der Waals surface area contributed by atoms with Crippen molar-refractivity contribution in [1.29, 1.82) is 0 Å². The molecule has 0 saturated heterocycles. The van der Waals surface area contributed by atoms with Crippen LogP contribution in [0.1, 0.15) is 31.7 Å². The summed E-state index contributed by atoms with van der Waals surface area (Å²) < 4.78 is 53.6. The number of nitrogens with zero attached hydrogens (tertiary/aromatic N) is 2. The van der Waals surface area contributed by atoms with Crippen molar-refractivity contribution < 1.29 is 21.9 Å². The number of nitrogens with one attached hydrogen (secondary N) is 1. The number of benzene rings is 1. The van der Waals surface area contributed by atoms with Gasteiger partial charge in [-0.3, -0.25) is 4.72 Å². The minimum absolute atomic E-state index is 0.0470. The van der Waals surface area contributed by atoms with Crippen molar-refractivity contribution in [2.75, 3.05) is 11.0 Å². The lowest BCUT2D eigenvalue weighted by atomic mass is 10.2. The third-order valence-corrected chi connectivity index (χ3v) is 7.35. The molecule has 0 atom stereocenters. The number of hydrogen-bond acceptors (Lipinski definition) is 6. The van der Waals surface area contributed by atoms with E-state index in [0.717, 1.165) is 31.9 Å². The quantitative estimate of drug-likeness (QED) is 0.653. The average Bonchev–Trinajstić information content (AvgIpc) is 3.18. The van der Waals surface area contributed by atoms with Gasteiger partial charge in [-0.15, -0.1) is 0 Å². The highest BCUT2D eigenvalue weighted by molar-refractivity contribution is 9.10. The van der Waals surface area contributed by atoms with Crippen LogP contribution in [-0.2, 0) is 19.9 Å². The highest BCUT2D eigenvalue weighted by Gasteiger charge is 2.28. The van der Waals surface area contributed by atoms with Crippen LogP contribution in [-0.4, -0.2) is 37.7 Å². The highest BCUT2D eigenvalue weighted by atomic mass is 79.9. The first-order valence-electron chi connectivity index (χ1n) is 7.99. The smallest absolute Gasteiger partial charge is 0.266 e. The van der Waals surface area contributed by atoms with Crippen LogP contribution in [0.15, 0.2) is 32.9 Å². The minimum Gasteiger partial charge on any atom is -0.505 e. The van der Waals surface area contributed by atoms with Gasteiger partial charge >= 0.3 is 0 Å². The Morgan fingerprint density at radius 3 is 2.48 bits per heavy atom. The van der Waals surface area contributed by atoms with Crippen molar-refractivity contribution in [3.8, 4) is 5.75 Å². The molecular formula is C15H17BrClN3O5S2. The molecule has 12 heteroatoms. The molecule has 0 amide bonds. The number of anilines is 1. The number of phenols is 1. The van der Waals surface area contributed by atoms with Crippen LogP contribution in [0.25, 0.3) is 0 Å². The summed E-state index contributed by atoms with van der Waals surface area (Å²) in [5.74, 6) is -0.747. The zero-order valence-corrected chi connectivity index (χ0v) is 18.2. The second-order valence-electron chi connectivity index (χ2n) is 6.37. The zero-order valence-electron chi connectivity index (χ0n) is 14.2. The van der Waals surface area contributed by atoms with E-state index in [4.69, 9.17) is 11.6 Å². The molecule has 1 aromatic carbocycles. The minimum atomic E-state index is -4.25. The van der Waals surface area contributed by atoms with Gasteiger partial charge < -0.3 is 9.67 Å². The molecule has 148 valence electrons. The molecule has 1 aliphatic rings. The van der Waals surface area contributed by atoms with Crippen LogP contribution >= 0.6 is 27.5 Å². The lowest BCUT2D eigenvalue weighted by Crippen LogP contribution is -2.14. The molecule has 1 aliphatic carbocycles. The van der Waals surface area contributed by atoms with E-state index in [2.05, 4.69) is 25.6 Å². The Balaban J connectivity index is 2.03. The van der Waals surface area contributed by atoms with E-state index in [9.17, 15) is 21.9 Å². The molecule has 0 radical (unpaired) electrons. The Labute approximate surface area is 170 Å². The lowest BCUT2D eigenvalue weighted by molar-refractivity contribution is 0.459. The summed E-state index contributed by atoms with van der Waals surface area (Å²) in [7, 11) is -7.90. The third kappa shape index (κ3) is 4.25. The van der Waals surface area contributed by atoms with Gasteiger partial charge in [0.25, 0.3) is 10.0 Å². The standard InChI is InChI=1S/C15H17BrClN3O5S2/c1-26(22,23)15-18-13(8-20(15)10-4-2-3-5-10)19-27(24,25)12-7-9(16)6-11(17)14(12)21/h6-8,10,19,21H,2-5H2,1H3. The summed E-state index contributed by atoms with van der Waals surface area (Å²) in [6.45, 7) is 0. The third-order valence-electron chi connectivity index (χ3n) is 4.27. The number of rotatable bonds is 5. The van der Waals surface area contributed by atoms with E-state index in [-0.39, 0.29) is 22.0 Å². The Bertz CT molecular complexity index is 1090. The molecule has 8 nitrogen and oxygen atoms in total. The van der Waals surface area contributed by atoms with E-state index in [1.165, 1.54) is 22.9 Å². The maximum atomic E-state index is 12.7. The summed E-state index contributed by atoms with van der Waals surface area (Å²) in [5.41, 5.74) is 0. The predicted octanol–water partition coefficient (Wildman–Crippen LogP) is 3.32. The molecule has 0 bridgehead atoms. The Hall–Kier alpha value is -1.30. The van der Waals surface area contributed by atoms with Crippen molar-refractivity contribution in [2.45, 2.75) is 41.8 Å². The van der Waals surface area contributed by atoms with Crippen LogP contribution in [0.2, 0.25) is 5.02 Å². The number of aromatic nitrogens is 2. The summed E-state index contributed by atoms with van der Waals surface area (Å²) in [4.78, 5) is 3.52. The second-order valence-corrected chi connectivity index (χ2v) is 11.2. The summed E-state index contributed by atoms with van der Waals surface area (Å²) >= 11 is 8.96. The van der Waals surface area contributed by atoms with E-state index in [1.807, 2.05) is 0 Å². The fourth-order valence-electron chi connectivity index (χ4n) is 3.08. The van der Waals surface area contributed by atoms with Gasteiger partial charge in [0.1, 0.15) is 4.90 Å². The van der Waals surface area contributed by atoms with Crippen molar-refractivity contribution in [2.24, 2.45) is 0 Å². The van der Waals surface area contributed by atoms with Crippen LogP contribution in [0, 0.1) is 0 Å². The maximum absolute atomic E-state index is 12.7. The average molecular weight is 499 g/mol. The van der Waals surface area contributed by atoms with E-state index >= 15 is 0 Å². The highest BCUT2D eigenvalue weighted by Crippen LogP contribution is 2.36. The van der Waals surface area contributed by atoms with Gasteiger partial charge in [0.05, 0.1) is 11.2 Å². The van der Waals surface area contributed by atoms with Crippen molar-refractivity contribution in [3.63, 3.8) is 0 Å². The van der Waals surface area contributed by atoms with Crippen LogP contribution in [0.4, 0.5) is 5.82 Å². The molecule has 3 rings (SSSR count). The number of imidazole rings is 1. The first-order valence-corrected chi connectivity index (χ1v) is 12.5. The molecule has 27 heavy (non-hydrogen) atoms. The summed E-state index contributed by atoms with van der Waals surface area (Å²) in [6.07, 6.45) is 5.94. The van der Waals surface area contributed by atoms with Crippen molar-refractivity contribution in [1.82, 2.24) is 9.55 Å². The zero-order chi connectivity index (χ0) is 20.0. The van der Waals surface area contributed by atoms with Gasteiger partial charge in [-0.1, -0.05) is 40.4 Å². The monoisotopic (exact) mass is 497 g/mol. The van der Waals surface area contributed by atoms with E-state index < -0.39 is 30.5 Å². The number of halogens is 2. The number of hydrogen-bond donors (Lipinski definition) is 2. The normalized spacial score (nSPS) is 16.0. The maximum Gasteiger partial charge on any atom is 0.266 e. The van der Waals surface area contributed by atoms with Gasteiger partial charge in [0.15, 0.2) is 11.6 Å². The molecule has 1 heterocycles. The van der Waals surface area contributed by atoms with E-state index in [0.29, 0.717) is 4.47 Å². The Morgan fingerprint density at radius 1 is 1.26 bits per heavy atom. The molecular weight excluding hydrogens is 482 g/mol. The first kappa shape index (κ1) is 20.4. The summed E-state index contributed by atoms with van der Waals surface area (Å²) in [6, 6.07) is 2.50. The molecule has 0 aliphatic heterocycles. The van der Waals surface area contributed by atoms with Crippen LogP contribution in [0.3, 0.4) is 0 Å². The lowest BCUT2D eigenvalue weighted by Gasteiger charge is -2.13. The van der Waals surface area contributed by atoms with Crippen molar-refractivity contribution in [3.05, 3.63) is 27.8 Å². The fourth-order valence-corrected chi connectivity index (χ4v) is 6.08. The molecule has 0 unspecified atom stereocenters. The number of sulfonamides is 1. The largest absolute Gasteiger partial charge is 0.505 e. The van der Waals surface area contributed by atoms with Gasteiger partial charge in [-0.25, -0.2) is 21.8 Å². The van der Waals surface area contributed by atoms with Gasteiger partial charge in [-0.05, 0) is 25.0 Å². The van der Waals surface area contributed by atoms with Gasteiger partial charge in [0, 0.05) is 16.8 Å².